The van der Waals surface area contributed by atoms with E-state index in [1.807, 2.05) is 59.9 Å². The van der Waals surface area contributed by atoms with Crippen molar-refractivity contribution in [2.75, 3.05) is 4.90 Å². The zero-order chi connectivity index (χ0) is 35.6. The first kappa shape index (κ1) is 31.8. The molecule has 8 rings (SSSR count). The molecule has 240 valence electrons. The number of anilines is 3. The van der Waals surface area contributed by atoms with Crippen molar-refractivity contribution in [2.24, 2.45) is 0 Å². The van der Waals surface area contributed by atoms with E-state index in [1.165, 1.54) is 25.7 Å². The van der Waals surface area contributed by atoms with Crippen molar-refractivity contribution in [1.29, 1.82) is 21.0 Å². The van der Waals surface area contributed by atoms with Gasteiger partial charge in [-0.2, -0.15) is 21.0 Å². The number of hydrogen-bond acceptors (Lipinski definition) is 6. The average molecular weight is 680 g/mol. The smallest absolute Gasteiger partial charge is 0.0992 e. The van der Waals surface area contributed by atoms with E-state index in [0.29, 0.717) is 22.3 Å². The van der Waals surface area contributed by atoms with E-state index < -0.39 is 0 Å². The fourth-order valence-electron chi connectivity index (χ4n) is 6.66. The third kappa shape index (κ3) is 5.89. The summed E-state index contributed by atoms with van der Waals surface area (Å²) in [5.74, 6) is 0. The van der Waals surface area contributed by atoms with Gasteiger partial charge in [0, 0.05) is 37.2 Å². The molecule has 0 saturated heterocycles. The molecule has 52 heavy (non-hydrogen) atoms. The van der Waals surface area contributed by atoms with Crippen LogP contribution in [0.5, 0.6) is 0 Å². The Balaban J connectivity index is 1.20. The third-order valence-electron chi connectivity index (χ3n) is 9.14. The maximum absolute atomic E-state index is 9.53. The highest BCUT2D eigenvalue weighted by Gasteiger charge is 2.16. The van der Waals surface area contributed by atoms with Crippen LogP contribution >= 0.6 is 11.3 Å². The molecule has 0 amide bonds. The molecule has 1 heterocycles. The first-order valence-electron chi connectivity index (χ1n) is 16.5. The summed E-state index contributed by atoms with van der Waals surface area (Å²) in [5, 5.41) is 40.6. The molecule has 7 aromatic carbocycles. The third-order valence-corrected chi connectivity index (χ3v) is 10.4. The lowest BCUT2D eigenvalue weighted by atomic mass is 9.99. The van der Waals surface area contributed by atoms with Gasteiger partial charge in [0.1, 0.15) is 0 Å². The van der Waals surface area contributed by atoms with Crippen LogP contribution in [-0.2, 0) is 0 Å². The standard InChI is InChI=1S/C46H25N5S/c47-26-30-20-31(27-48)23-37(22-30)34-8-14-39(15-9-34)51(40-16-10-35(11-17-40)38-24-32(28-49)21-33(25-38)29-50)41-18-12-36(13-19-41)42-5-3-6-44-43-4-1-2-7-45(43)52-46(42)44/h1-25H. The minimum Gasteiger partial charge on any atom is -0.311 e. The zero-order valence-electron chi connectivity index (χ0n) is 27.6. The van der Waals surface area contributed by atoms with Crippen LogP contribution in [0.2, 0.25) is 0 Å². The summed E-state index contributed by atoms with van der Waals surface area (Å²) < 4.78 is 2.53. The molecule has 8 aromatic rings. The molecule has 0 spiro atoms. The lowest BCUT2D eigenvalue weighted by molar-refractivity contribution is 1.28. The topological polar surface area (TPSA) is 98.4 Å². The predicted octanol–water partition coefficient (Wildman–Crippen LogP) is 12.0. The SMILES string of the molecule is N#Cc1cc(C#N)cc(-c2ccc(N(c3ccc(-c4cc(C#N)cc(C#N)c4)cc3)c3ccc(-c4cccc5c4sc4ccccc45)cc3)cc2)c1. The quantitative estimate of drug-likeness (QED) is 0.174. The van der Waals surface area contributed by atoms with E-state index in [-0.39, 0.29) is 0 Å². The van der Waals surface area contributed by atoms with Crippen molar-refractivity contribution >= 4 is 48.6 Å². The summed E-state index contributed by atoms with van der Waals surface area (Å²) in [6, 6.07) is 58.7. The van der Waals surface area contributed by atoms with E-state index >= 15 is 0 Å². The summed E-state index contributed by atoms with van der Waals surface area (Å²) in [5.41, 5.74) is 10.3. The molecule has 5 nitrogen and oxygen atoms in total. The van der Waals surface area contributed by atoms with Crippen LogP contribution in [0.15, 0.2) is 152 Å². The van der Waals surface area contributed by atoms with Gasteiger partial charge in [0.15, 0.2) is 0 Å². The predicted molar refractivity (Wildman–Crippen MR) is 209 cm³/mol. The van der Waals surface area contributed by atoms with Gasteiger partial charge < -0.3 is 4.90 Å². The van der Waals surface area contributed by atoms with Crippen LogP contribution in [-0.4, -0.2) is 0 Å². The Hall–Kier alpha value is -7.48. The fraction of sp³-hybridized carbons (Fsp3) is 0. The molecule has 0 radical (unpaired) electrons. The summed E-state index contributed by atoms with van der Waals surface area (Å²) in [4.78, 5) is 2.18. The van der Waals surface area contributed by atoms with Crippen LogP contribution in [0, 0.1) is 45.3 Å². The Kier molecular flexibility index (Phi) is 8.21. The van der Waals surface area contributed by atoms with Crippen molar-refractivity contribution in [3.63, 3.8) is 0 Å². The summed E-state index contributed by atoms with van der Waals surface area (Å²) >= 11 is 1.81. The minimum absolute atomic E-state index is 0.438. The Morgan fingerprint density at radius 1 is 0.385 bits per heavy atom. The van der Waals surface area contributed by atoms with Crippen LogP contribution < -0.4 is 4.90 Å². The second-order valence-electron chi connectivity index (χ2n) is 12.3. The van der Waals surface area contributed by atoms with Crippen molar-refractivity contribution in [2.45, 2.75) is 0 Å². The van der Waals surface area contributed by atoms with Gasteiger partial charge in [-0.3, -0.25) is 0 Å². The molecule has 0 saturated carbocycles. The van der Waals surface area contributed by atoms with Crippen molar-refractivity contribution < 1.29 is 0 Å². The lowest BCUT2D eigenvalue weighted by Crippen LogP contribution is -2.09. The first-order valence-corrected chi connectivity index (χ1v) is 17.3. The van der Waals surface area contributed by atoms with E-state index in [4.69, 9.17) is 0 Å². The molecular formula is C46H25N5S. The monoisotopic (exact) mass is 679 g/mol. The molecule has 0 unspecified atom stereocenters. The molecule has 0 atom stereocenters. The molecule has 0 aliphatic rings. The van der Waals surface area contributed by atoms with Gasteiger partial charge in [0.2, 0.25) is 0 Å². The molecule has 0 aliphatic carbocycles. The molecule has 6 heteroatoms. The Labute approximate surface area is 305 Å². The Morgan fingerprint density at radius 2 is 0.808 bits per heavy atom. The van der Waals surface area contributed by atoms with Gasteiger partial charge in [-0.25, -0.2) is 0 Å². The van der Waals surface area contributed by atoms with E-state index in [2.05, 4.69) is 95.9 Å². The number of thiophene rings is 1. The van der Waals surface area contributed by atoms with Crippen LogP contribution in [0.4, 0.5) is 17.1 Å². The second kappa shape index (κ2) is 13.4. The van der Waals surface area contributed by atoms with E-state index in [1.54, 1.807) is 36.4 Å². The maximum atomic E-state index is 9.53. The number of nitrogens with zero attached hydrogens (tertiary/aromatic N) is 5. The molecule has 0 N–H and O–H groups in total. The maximum Gasteiger partial charge on any atom is 0.0992 e. The summed E-state index contributed by atoms with van der Waals surface area (Å²) in [6.07, 6.45) is 0. The van der Waals surface area contributed by atoms with E-state index in [0.717, 1.165) is 44.9 Å². The highest BCUT2D eigenvalue weighted by Crippen LogP contribution is 2.42. The number of nitriles is 4. The van der Waals surface area contributed by atoms with Crippen LogP contribution in [0.1, 0.15) is 22.3 Å². The van der Waals surface area contributed by atoms with Gasteiger partial charge >= 0.3 is 0 Å². The summed E-state index contributed by atoms with van der Waals surface area (Å²) in [6.45, 7) is 0. The average Bonchev–Trinajstić information content (AvgIpc) is 3.60. The van der Waals surface area contributed by atoms with Gasteiger partial charge in [0.25, 0.3) is 0 Å². The van der Waals surface area contributed by atoms with Crippen molar-refractivity contribution in [3.05, 3.63) is 174 Å². The molecule has 0 aliphatic heterocycles. The largest absolute Gasteiger partial charge is 0.311 e. The lowest BCUT2D eigenvalue weighted by Gasteiger charge is -2.26. The molecule has 0 bridgehead atoms. The molecule has 0 fully saturated rings. The van der Waals surface area contributed by atoms with Crippen molar-refractivity contribution in [3.8, 4) is 57.7 Å². The zero-order valence-corrected chi connectivity index (χ0v) is 28.4. The van der Waals surface area contributed by atoms with Crippen LogP contribution in [0.3, 0.4) is 0 Å². The van der Waals surface area contributed by atoms with Gasteiger partial charge in [0.05, 0.1) is 46.5 Å². The molecule has 1 aromatic heterocycles. The second-order valence-corrected chi connectivity index (χ2v) is 13.4. The summed E-state index contributed by atoms with van der Waals surface area (Å²) in [7, 11) is 0. The normalized spacial score (nSPS) is 10.6. The number of benzene rings is 7. The fourth-order valence-corrected chi connectivity index (χ4v) is 7.90. The van der Waals surface area contributed by atoms with Crippen molar-refractivity contribution in [1.82, 2.24) is 0 Å². The Morgan fingerprint density at radius 3 is 1.27 bits per heavy atom. The van der Waals surface area contributed by atoms with Gasteiger partial charge in [-0.05, 0) is 112 Å². The van der Waals surface area contributed by atoms with Gasteiger partial charge in [-0.15, -0.1) is 11.3 Å². The number of hydrogen-bond donors (Lipinski definition) is 0. The van der Waals surface area contributed by atoms with Gasteiger partial charge in [-0.1, -0.05) is 72.8 Å². The number of fused-ring (bicyclic) bond motifs is 3. The highest BCUT2D eigenvalue weighted by atomic mass is 32.1. The number of rotatable bonds is 6. The minimum atomic E-state index is 0.438. The molecular weight excluding hydrogens is 655 g/mol. The first-order chi connectivity index (χ1) is 25.5. The Bertz CT molecular complexity index is 2640. The van der Waals surface area contributed by atoms with Crippen LogP contribution in [0.25, 0.3) is 53.6 Å². The highest BCUT2D eigenvalue weighted by molar-refractivity contribution is 7.26. The van der Waals surface area contributed by atoms with E-state index in [9.17, 15) is 21.0 Å².